The fraction of sp³-hybridized carbons (Fsp3) is 0.269. The Labute approximate surface area is 188 Å². The van der Waals surface area contributed by atoms with Gasteiger partial charge in [-0.15, -0.1) is 0 Å². The Morgan fingerprint density at radius 3 is 2.68 bits per heavy atom. The molecule has 1 aliphatic rings. The van der Waals surface area contributed by atoms with E-state index in [1.807, 2.05) is 69.3 Å². The largest absolute Gasteiger partial charge is 0.488 e. The number of benzene rings is 3. The maximum atomic E-state index is 13.3. The van der Waals surface area contributed by atoms with Gasteiger partial charge in [-0.2, -0.15) is 0 Å². The lowest BCUT2D eigenvalue weighted by Gasteiger charge is -2.38. The zero-order chi connectivity index (χ0) is 22.0. The van der Waals surface area contributed by atoms with Gasteiger partial charge in [-0.1, -0.05) is 54.1 Å². The van der Waals surface area contributed by atoms with Crippen molar-refractivity contribution in [3.05, 3.63) is 94.0 Å². The number of nitrogens with one attached hydrogen (secondary N) is 1. The van der Waals surface area contributed by atoms with Crippen LogP contribution >= 0.6 is 11.6 Å². The van der Waals surface area contributed by atoms with Crippen LogP contribution in [-0.2, 0) is 6.61 Å². The predicted octanol–water partition coefficient (Wildman–Crippen LogP) is 6.26. The molecule has 0 radical (unpaired) electrons. The zero-order valence-electron chi connectivity index (χ0n) is 17.9. The van der Waals surface area contributed by atoms with E-state index >= 15 is 0 Å². The predicted molar refractivity (Wildman–Crippen MR) is 123 cm³/mol. The lowest BCUT2D eigenvalue weighted by Crippen LogP contribution is -2.41. The van der Waals surface area contributed by atoms with Gasteiger partial charge in [0.05, 0.1) is 11.6 Å². The summed E-state index contributed by atoms with van der Waals surface area (Å²) in [7, 11) is 0. The van der Waals surface area contributed by atoms with Gasteiger partial charge in [0.25, 0.3) is 5.91 Å². The first-order chi connectivity index (χ1) is 14.8. The minimum Gasteiger partial charge on any atom is -0.488 e. The van der Waals surface area contributed by atoms with Gasteiger partial charge in [0.1, 0.15) is 23.7 Å². The fourth-order valence-electron chi connectivity index (χ4n) is 3.86. The Morgan fingerprint density at radius 1 is 1.13 bits per heavy atom. The molecule has 1 atom stereocenters. The summed E-state index contributed by atoms with van der Waals surface area (Å²) in [4.78, 5) is 13.3. The van der Waals surface area contributed by atoms with E-state index in [9.17, 15) is 4.79 Å². The van der Waals surface area contributed by atoms with E-state index in [-0.39, 0.29) is 17.6 Å². The molecule has 1 aliphatic heterocycles. The molecule has 160 valence electrons. The monoisotopic (exact) mass is 435 g/mol. The van der Waals surface area contributed by atoms with Gasteiger partial charge in [0.2, 0.25) is 0 Å². The molecule has 0 aliphatic carbocycles. The highest BCUT2D eigenvalue weighted by molar-refractivity contribution is 6.31. The second-order valence-electron chi connectivity index (χ2n) is 8.55. The molecular formula is C26H26ClNO3. The number of amides is 1. The van der Waals surface area contributed by atoms with E-state index in [0.29, 0.717) is 29.4 Å². The summed E-state index contributed by atoms with van der Waals surface area (Å²) < 4.78 is 12.1. The number of carbonyl (C=O) groups is 1. The van der Waals surface area contributed by atoms with Gasteiger partial charge >= 0.3 is 0 Å². The maximum Gasteiger partial charge on any atom is 0.255 e. The molecule has 31 heavy (non-hydrogen) atoms. The van der Waals surface area contributed by atoms with E-state index in [1.54, 1.807) is 18.2 Å². The van der Waals surface area contributed by atoms with E-state index in [4.69, 9.17) is 21.1 Å². The van der Waals surface area contributed by atoms with E-state index in [1.165, 1.54) is 0 Å². The van der Waals surface area contributed by atoms with E-state index in [2.05, 4.69) is 5.32 Å². The van der Waals surface area contributed by atoms with Gasteiger partial charge in [-0.25, -0.2) is 0 Å². The van der Waals surface area contributed by atoms with E-state index < -0.39 is 0 Å². The highest BCUT2D eigenvalue weighted by Crippen LogP contribution is 2.40. The summed E-state index contributed by atoms with van der Waals surface area (Å²) in [6, 6.07) is 20.9. The summed E-state index contributed by atoms with van der Waals surface area (Å²) in [5.74, 6) is 1.09. The number of carbonyl (C=O) groups excluding carboxylic acids is 1. The van der Waals surface area contributed by atoms with Crippen LogP contribution in [0.2, 0.25) is 5.02 Å². The molecule has 0 bridgehead atoms. The molecule has 0 unspecified atom stereocenters. The van der Waals surface area contributed by atoms with Gasteiger partial charge in [0, 0.05) is 17.0 Å². The van der Waals surface area contributed by atoms with Crippen LogP contribution in [-0.4, -0.2) is 11.5 Å². The van der Waals surface area contributed by atoms with Crippen molar-refractivity contribution < 1.29 is 14.3 Å². The molecule has 0 aromatic heterocycles. The SMILES string of the molecule is Cc1ccc2c(c1)OC(C)(C)C[C@H]2NC(=O)c1cc(Cl)ccc1OCc1ccccc1. The number of hydrogen-bond acceptors (Lipinski definition) is 3. The third kappa shape index (κ3) is 5.02. The molecule has 0 saturated heterocycles. The molecule has 0 saturated carbocycles. The minimum atomic E-state index is -0.389. The van der Waals surface area contributed by atoms with Crippen molar-refractivity contribution in [3.63, 3.8) is 0 Å². The quantitative estimate of drug-likeness (QED) is 0.514. The molecule has 4 nitrogen and oxygen atoms in total. The molecule has 3 aromatic rings. The Balaban J connectivity index is 1.58. The highest BCUT2D eigenvalue weighted by Gasteiger charge is 2.35. The molecule has 1 amide bonds. The van der Waals surface area contributed by atoms with Crippen molar-refractivity contribution >= 4 is 17.5 Å². The number of fused-ring (bicyclic) bond motifs is 1. The van der Waals surface area contributed by atoms with Crippen LogP contribution in [0.5, 0.6) is 11.5 Å². The van der Waals surface area contributed by atoms with Crippen LogP contribution in [0, 0.1) is 6.92 Å². The molecule has 0 spiro atoms. The average molecular weight is 436 g/mol. The van der Waals surface area contributed by atoms with Gasteiger partial charge < -0.3 is 14.8 Å². The highest BCUT2D eigenvalue weighted by atomic mass is 35.5. The molecule has 5 heteroatoms. The Hall–Kier alpha value is -2.98. The number of ether oxygens (including phenoxy) is 2. The minimum absolute atomic E-state index is 0.173. The first kappa shape index (κ1) is 21.3. The Morgan fingerprint density at radius 2 is 1.90 bits per heavy atom. The first-order valence-corrected chi connectivity index (χ1v) is 10.8. The van der Waals surface area contributed by atoms with Crippen LogP contribution in [0.1, 0.15) is 53.4 Å². The number of halogens is 1. The number of aryl methyl sites for hydroxylation is 1. The maximum absolute atomic E-state index is 13.3. The van der Waals surface area contributed by atoms with Crippen molar-refractivity contribution in [1.82, 2.24) is 5.32 Å². The van der Waals surface area contributed by atoms with Crippen molar-refractivity contribution in [1.29, 1.82) is 0 Å². The Kier molecular flexibility index (Phi) is 5.92. The third-order valence-electron chi connectivity index (χ3n) is 5.36. The van der Waals surface area contributed by atoms with Crippen molar-refractivity contribution in [2.24, 2.45) is 0 Å². The molecule has 1 N–H and O–H groups in total. The lowest BCUT2D eigenvalue weighted by molar-refractivity contribution is 0.0618. The summed E-state index contributed by atoms with van der Waals surface area (Å²) in [6.07, 6.45) is 0.662. The second kappa shape index (κ2) is 8.64. The average Bonchev–Trinajstić information content (AvgIpc) is 2.72. The van der Waals surface area contributed by atoms with Gasteiger partial charge in [0.15, 0.2) is 0 Å². The van der Waals surface area contributed by atoms with Crippen molar-refractivity contribution in [2.45, 2.75) is 45.4 Å². The lowest BCUT2D eigenvalue weighted by atomic mass is 9.89. The Bertz CT molecular complexity index is 1100. The summed E-state index contributed by atoms with van der Waals surface area (Å²) in [6.45, 7) is 6.47. The number of hydrogen-bond donors (Lipinski definition) is 1. The molecule has 3 aromatic carbocycles. The van der Waals surface area contributed by atoms with Crippen molar-refractivity contribution in [3.8, 4) is 11.5 Å². The molecular weight excluding hydrogens is 410 g/mol. The van der Waals surface area contributed by atoms with Crippen LogP contribution < -0.4 is 14.8 Å². The van der Waals surface area contributed by atoms with Gasteiger partial charge in [-0.05, 0) is 56.2 Å². The van der Waals surface area contributed by atoms with Crippen LogP contribution in [0.4, 0.5) is 0 Å². The van der Waals surface area contributed by atoms with Crippen molar-refractivity contribution in [2.75, 3.05) is 0 Å². The van der Waals surface area contributed by atoms with Crippen LogP contribution in [0.25, 0.3) is 0 Å². The van der Waals surface area contributed by atoms with E-state index in [0.717, 1.165) is 22.4 Å². The molecule has 1 heterocycles. The molecule has 4 rings (SSSR count). The topological polar surface area (TPSA) is 47.6 Å². The van der Waals surface area contributed by atoms with Gasteiger partial charge in [-0.3, -0.25) is 4.79 Å². The summed E-state index contributed by atoms with van der Waals surface area (Å²) in [5, 5.41) is 3.66. The first-order valence-electron chi connectivity index (χ1n) is 10.4. The third-order valence-corrected chi connectivity index (χ3v) is 5.59. The molecule has 0 fully saturated rings. The summed E-state index contributed by atoms with van der Waals surface area (Å²) >= 11 is 6.21. The fourth-order valence-corrected chi connectivity index (χ4v) is 4.04. The van der Waals surface area contributed by atoms with Crippen LogP contribution in [0.3, 0.4) is 0 Å². The number of rotatable bonds is 5. The normalized spacial score (nSPS) is 16.7. The summed E-state index contributed by atoms with van der Waals surface area (Å²) in [5.41, 5.74) is 3.15. The standard InChI is InChI=1S/C26H26ClNO3/c1-17-9-11-20-22(15-26(2,3)31-24(20)13-17)28-25(29)21-14-19(27)10-12-23(21)30-16-18-7-5-4-6-8-18/h4-14,22H,15-16H2,1-3H3,(H,28,29)/t22-/m1/s1. The smallest absolute Gasteiger partial charge is 0.255 e. The van der Waals surface area contributed by atoms with Crippen LogP contribution in [0.15, 0.2) is 66.7 Å². The zero-order valence-corrected chi connectivity index (χ0v) is 18.7. The second-order valence-corrected chi connectivity index (χ2v) is 8.98.